The summed E-state index contributed by atoms with van der Waals surface area (Å²) in [6.45, 7) is 0.467. The van der Waals surface area contributed by atoms with Crippen molar-refractivity contribution in [1.82, 2.24) is 5.32 Å². The SMILES string of the molecule is O=C1COC[C@@H]2C[C@]2(c2cc(N=C(c3ccccc3)c3ccccc3)ccc2F)N1. The van der Waals surface area contributed by atoms with E-state index in [9.17, 15) is 9.18 Å². The van der Waals surface area contributed by atoms with Gasteiger partial charge < -0.3 is 10.1 Å². The van der Waals surface area contributed by atoms with Gasteiger partial charge in [0.25, 0.3) is 0 Å². The molecule has 30 heavy (non-hydrogen) atoms. The van der Waals surface area contributed by atoms with Gasteiger partial charge in [-0.25, -0.2) is 9.38 Å². The second-order valence-corrected chi connectivity index (χ2v) is 7.79. The van der Waals surface area contributed by atoms with Gasteiger partial charge in [-0.1, -0.05) is 60.7 Å². The van der Waals surface area contributed by atoms with Crippen LogP contribution in [0.1, 0.15) is 23.1 Å². The molecular weight excluding hydrogens is 379 g/mol. The van der Waals surface area contributed by atoms with Crippen LogP contribution in [0, 0.1) is 11.7 Å². The predicted octanol–water partition coefficient (Wildman–Crippen LogP) is 4.36. The monoisotopic (exact) mass is 400 g/mol. The van der Waals surface area contributed by atoms with E-state index in [4.69, 9.17) is 9.73 Å². The molecule has 0 unspecified atom stereocenters. The highest BCUT2D eigenvalue weighted by Gasteiger charge is 2.58. The molecule has 1 N–H and O–H groups in total. The molecule has 0 bridgehead atoms. The zero-order valence-electron chi connectivity index (χ0n) is 16.3. The second-order valence-electron chi connectivity index (χ2n) is 7.79. The van der Waals surface area contributed by atoms with Crippen LogP contribution in [-0.4, -0.2) is 24.8 Å². The van der Waals surface area contributed by atoms with Crippen molar-refractivity contribution >= 4 is 17.3 Å². The Hall–Kier alpha value is -3.31. The average Bonchev–Trinajstić information content (AvgIpc) is 3.49. The van der Waals surface area contributed by atoms with Crippen molar-refractivity contribution in [2.45, 2.75) is 12.0 Å². The summed E-state index contributed by atoms with van der Waals surface area (Å²) >= 11 is 0. The first-order valence-corrected chi connectivity index (χ1v) is 10.0. The number of carbonyl (C=O) groups is 1. The van der Waals surface area contributed by atoms with Gasteiger partial charge in [0, 0.05) is 22.6 Å². The minimum absolute atomic E-state index is 0.0177. The summed E-state index contributed by atoms with van der Waals surface area (Å²) in [7, 11) is 0. The van der Waals surface area contributed by atoms with Gasteiger partial charge in [-0.15, -0.1) is 0 Å². The number of benzene rings is 3. The average molecular weight is 400 g/mol. The van der Waals surface area contributed by atoms with E-state index in [-0.39, 0.29) is 24.2 Å². The molecule has 1 amide bonds. The largest absolute Gasteiger partial charge is 0.371 e. The van der Waals surface area contributed by atoms with Gasteiger partial charge in [0.1, 0.15) is 12.4 Å². The maximum Gasteiger partial charge on any atom is 0.246 e. The number of halogens is 1. The van der Waals surface area contributed by atoms with Crippen LogP contribution >= 0.6 is 0 Å². The van der Waals surface area contributed by atoms with Gasteiger partial charge in [0.2, 0.25) is 5.91 Å². The highest BCUT2D eigenvalue weighted by atomic mass is 19.1. The van der Waals surface area contributed by atoms with Crippen LogP contribution in [0.5, 0.6) is 0 Å². The lowest BCUT2D eigenvalue weighted by atomic mass is 9.99. The third kappa shape index (κ3) is 3.42. The van der Waals surface area contributed by atoms with E-state index in [1.165, 1.54) is 6.07 Å². The minimum Gasteiger partial charge on any atom is -0.371 e. The van der Waals surface area contributed by atoms with Gasteiger partial charge >= 0.3 is 0 Å². The number of aliphatic imine (C=N–C) groups is 1. The number of ether oxygens (including phenoxy) is 1. The molecular formula is C25H21FN2O2. The van der Waals surface area contributed by atoms with Crippen LogP contribution in [0.15, 0.2) is 83.9 Å². The molecule has 3 aromatic carbocycles. The highest BCUT2D eigenvalue weighted by molar-refractivity contribution is 6.13. The number of amides is 1. The molecule has 3 aromatic rings. The molecule has 4 nitrogen and oxygen atoms in total. The van der Waals surface area contributed by atoms with Crippen molar-refractivity contribution in [3.05, 3.63) is 101 Å². The van der Waals surface area contributed by atoms with E-state index >= 15 is 0 Å². The Morgan fingerprint density at radius 1 is 1.00 bits per heavy atom. The number of nitrogens with zero attached hydrogens (tertiary/aromatic N) is 1. The topological polar surface area (TPSA) is 50.7 Å². The Kier molecular flexibility index (Phi) is 4.68. The van der Waals surface area contributed by atoms with Crippen molar-refractivity contribution in [2.24, 2.45) is 10.9 Å². The first-order valence-electron chi connectivity index (χ1n) is 10.0. The van der Waals surface area contributed by atoms with E-state index < -0.39 is 5.54 Å². The summed E-state index contributed by atoms with van der Waals surface area (Å²) in [4.78, 5) is 17.0. The van der Waals surface area contributed by atoms with Crippen molar-refractivity contribution < 1.29 is 13.9 Å². The summed E-state index contributed by atoms with van der Waals surface area (Å²) in [5, 5.41) is 2.98. The summed E-state index contributed by atoms with van der Waals surface area (Å²) in [5.41, 5.74) is 3.21. The lowest BCUT2D eigenvalue weighted by molar-refractivity contribution is -0.125. The number of hydrogen-bond donors (Lipinski definition) is 1. The minimum atomic E-state index is -0.692. The molecule has 5 heteroatoms. The highest BCUT2D eigenvalue weighted by Crippen LogP contribution is 2.54. The molecule has 2 fully saturated rings. The van der Waals surface area contributed by atoms with Gasteiger partial charge in [0.05, 0.1) is 23.5 Å². The number of carbonyl (C=O) groups excluding carboxylic acids is 1. The normalized spacial score (nSPS) is 22.4. The molecule has 0 radical (unpaired) electrons. The van der Waals surface area contributed by atoms with Crippen molar-refractivity contribution in [2.75, 3.05) is 13.2 Å². The first kappa shape index (κ1) is 18.7. The molecule has 1 heterocycles. The molecule has 2 aliphatic rings. The number of rotatable bonds is 4. The van der Waals surface area contributed by atoms with E-state index in [0.717, 1.165) is 16.8 Å². The van der Waals surface area contributed by atoms with Crippen molar-refractivity contribution in [1.29, 1.82) is 0 Å². The van der Waals surface area contributed by atoms with Crippen LogP contribution in [-0.2, 0) is 15.1 Å². The Balaban J connectivity index is 1.59. The van der Waals surface area contributed by atoms with Crippen molar-refractivity contribution in [3.8, 4) is 0 Å². The third-order valence-corrected chi connectivity index (χ3v) is 5.79. The third-order valence-electron chi connectivity index (χ3n) is 5.79. The lowest BCUT2D eigenvalue weighted by Crippen LogP contribution is -2.37. The summed E-state index contributed by atoms with van der Waals surface area (Å²) in [6, 6.07) is 24.7. The molecule has 2 atom stereocenters. The van der Waals surface area contributed by atoms with Crippen LogP contribution in [0.4, 0.5) is 10.1 Å². The van der Waals surface area contributed by atoms with Gasteiger partial charge in [-0.2, -0.15) is 0 Å². The van der Waals surface area contributed by atoms with Crippen molar-refractivity contribution in [3.63, 3.8) is 0 Å². The summed E-state index contributed by atoms with van der Waals surface area (Å²) < 4.78 is 20.2. The zero-order chi connectivity index (χ0) is 20.6. The Labute approximate surface area is 174 Å². The fraction of sp³-hybridized carbons (Fsp3) is 0.200. The fourth-order valence-corrected chi connectivity index (χ4v) is 4.20. The van der Waals surface area contributed by atoms with E-state index in [0.29, 0.717) is 24.3 Å². The Morgan fingerprint density at radius 2 is 1.67 bits per heavy atom. The van der Waals surface area contributed by atoms with E-state index in [1.807, 2.05) is 60.7 Å². The number of hydrogen-bond acceptors (Lipinski definition) is 3. The zero-order valence-corrected chi connectivity index (χ0v) is 16.3. The number of fused-ring (bicyclic) bond motifs is 1. The smallest absolute Gasteiger partial charge is 0.246 e. The van der Waals surface area contributed by atoms with Gasteiger partial charge in [-0.05, 0) is 24.6 Å². The van der Waals surface area contributed by atoms with Crippen LogP contribution in [0.3, 0.4) is 0 Å². The second kappa shape index (κ2) is 7.50. The first-order chi connectivity index (χ1) is 14.7. The summed E-state index contributed by atoms with van der Waals surface area (Å²) in [5.74, 6) is -0.461. The quantitative estimate of drug-likeness (QED) is 0.662. The molecule has 1 aliphatic heterocycles. The lowest BCUT2D eigenvalue weighted by Gasteiger charge is -2.19. The van der Waals surface area contributed by atoms with Gasteiger partial charge in [0.15, 0.2) is 0 Å². The number of nitrogens with one attached hydrogen (secondary N) is 1. The predicted molar refractivity (Wildman–Crippen MR) is 113 cm³/mol. The molecule has 1 saturated carbocycles. The molecule has 150 valence electrons. The standard InChI is InChI=1S/C25H21FN2O2/c26-22-12-11-20(13-21(22)25-14-19(25)15-30-16-23(29)28-25)27-24(17-7-3-1-4-8-17)18-9-5-2-6-10-18/h1-13,19H,14-16H2,(H,28,29)/t19-,25-/m0/s1. The molecule has 0 spiro atoms. The van der Waals surface area contributed by atoms with E-state index in [2.05, 4.69) is 5.32 Å². The van der Waals surface area contributed by atoms with Crippen LogP contribution in [0.25, 0.3) is 0 Å². The molecule has 5 rings (SSSR count). The van der Waals surface area contributed by atoms with Gasteiger partial charge in [-0.3, -0.25) is 4.79 Å². The maximum absolute atomic E-state index is 14.8. The molecule has 0 aromatic heterocycles. The van der Waals surface area contributed by atoms with Crippen LogP contribution in [0.2, 0.25) is 0 Å². The maximum atomic E-state index is 14.8. The van der Waals surface area contributed by atoms with Crippen LogP contribution < -0.4 is 5.32 Å². The molecule has 1 saturated heterocycles. The fourth-order valence-electron chi connectivity index (χ4n) is 4.20. The Morgan fingerprint density at radius 3 is 2.33 bits per heavy atom. The molecule has 1 aliphatic carbocycles. The van der Waals surface area contributed by atoms with E-state index in [1.54, 1.807) is 12.1 Å². The Bertz CT molecular complexity index is 1070. The summed E-state index contributed by atoms with van der Waals surface area (Å²) in [6.07, 6.45) is 0.674.